The second kappa shape index (κ2) is 10.2. The van der Waals surface area contributed by atoms with Gasteiger partial charge in [-0.15, -0.1) is 22.7 Å². The van der Waals surface area contributed by atoms with E-state index in [1.165, 1.54) is 22.7 Å². The Bertz CT molecular complexity index is 944. The lowest BCUT2D eigenvalue weighted by Gasteiger charge is -2.20. The van der Waals surface area contributed by atoms with Crippen LogP contribution in [0.1, 0.15) is 77.6 Å². The third-order valence-electron chi connectivity index (χ3n) is 6.63. The van der Waals surface area contributed by atoms with Crippen molar-refractivity contribution in [3.05, 3.63) is 22.1 Å². The molecule has 0 aromatic carbocycles. The summed E-state index contributed by atoms with van der Waals surface area (Å²) in [5, 5.41) is 12.2. The smallest absolute Gasteiger partial charge is 0.310 e. The van der Waals surface area contributed by atoms with Gasteiger partial charge in [0.1, 0.15) is 0 Å². The van der Waals surface area contributed by atoms with E-state index in [0.29, 0.717) is 25.9 Å². The zero-order valence-corrected chi connectivity index (χ0v) is 21.9. The number of aromatic nitrogens is 2. The molecule has 186 valence electrons. The Kier molecular flexibility index (Phi) is 7.47. The fourth-order valence-corrected chi connectivity index (χ4v) is 6.51. The molecule has 0 spiro atoms. The van der Waals surface area contributed by atoms with Crippen molar-refractivity contribution in [3.63, 3.8) is 0 Å². The Labute approximate surface area is 208 Å². The second-order valence-corrected chi connectivity index (χ2v) is 11.3. The number of carbonyl (C=O) groups is 2. The van der Waals surface area contributed by atoms with E-state index in [-0.39, 0.29) is 23.8 Å². The van der Waals surface area contributed by atoms with Crippen molar-refractivity contribution >= 4 is 44.9 Å². The molecule has 2 saturated heterocycles. The van der Waals surface area contributed by atoms with Gasteiger partial charge in [0.25, 0.3) is 0 Å². The average Bonchev–Trinajstić information content (AvgIpc) is 3.55. The van der Waals surface area contributed by atoms with E-state index in [2.05, 4.69) is 34.4 Å². The fraction of sp³-hybridized carbons (Fsp3) is 0.667. The van der Waals surface area contributed by atoms with E-state index >= 15 is 0 Å². The average molecular weight is 507 g/mol. The molecule has 10 heteroatoms. The number of thiazole rings is 2. The summed E-state index contributed by atoms with van der Waals surface area (Å²) in [5.41, 5.74) is 0.341. The number of esters is 2. The molecule has 0 unspecified atom stereocenters. The summed E-state index contributed by atoms with van der Waals surface area (Å²) < 4.78 is 11.4. The van der Waals surface area contributed by atoms with E-state index in [4.69, 9.17) is 9.47 Å². The van der Waals surface area contributed by atoms with Crippen LogP contribution in [0, 0.1) is 11.8 Å². The first-order valence-corrected chi connectivity index (χ1v) is 13.9. The number of anilines is 2. The van der Waals surface area contributed by atoms with E-state index < -0.39 is 11.2 Å². The van der Waals surface area contributed by atoms with Crippen molar-refractivity contribution in [2.24, 2.45) is 11.8 Å². The summed E-state index contributed by atoms with van der Waals surface area (Å²) >= 11 is 3.04. The lowest BCUT2D eigenvalue weighted by molar-refractivity contribution is -0.151. The number of cyclic esters (lactones) is 2. The van der Waals surface area contributed by atoms with Crippen molar-refractivity contribution < 1.29 is 19.1 Å². The third-order valence-corrected chi connectivity index (χ3v) is 8.23. The van der Waals surface area contributed by atoms with E-state index in [9.17, 15) is 9.59 Å². The normalized spacial score (nSPS) is 28.7. The monoisotopic (exact) mass is 506 g/mol. The maximum absolute atomic E-state index is 12.2. The number of hydrogen-bond donors (Lipinski definition) is 2. The SMILES string of the molecule is CCC[C@@H]1C[C@](C)(c2csc(NCCNc3nc([C@]4(C)C[C@@H](CCC)C(=O)O4)cs3)n2)OC1=O. The maximum atomic E-state index is 12.2. The number of hydrogen-bond acceptors (Lipinski definition) is 10. The highest BCUT2D eigenvalue weighted by atomic mass is 32.1. The van der Waals surface area contributed by atoms with Gasteiger partial charge in [0, 0.05) is 36.7 Å². The summed E-state index contributed by atoms with van der Waals surface area (Å²) in [7, 11) is 0. The Hall–Kier alpha value is -2.20. The molecule has 2 N–H and O–H groups in total. The van der Waals surface area contributed by atoms with Gasteiger partial charge in [0.05, 0.1) is 23.2 Å². The van der Waals surface area contributed by atoms with Gasteiger partial charge in [-0.25, -0.2) is 9.97 Å². The van der Waals surface area contributed by atoms with Crippen molar-refractivity contribution in [2.45, 2.75) is 77.4 Å². The molecule has 2 fully saturated rings. The molecule has 4 atom stereocenters. The standard InChI is InChI=1S/C24H34N4O4S2/c1-5-7-15-11-23(3,31-19(15)29)17-13-33-21(27-17)25-9-10-26-22-28-18(14-34-22)24(4)12-16(8-6-2)20(30)32-24/h13-16H,5-12H2,1-4H3,(H,25,27)(H,26,28)/t15-,16-,23-,24+/m1/s1. The number of ether oxygens (including phenoxy) is 2. The third kappa shape index (κ3) is 5.22. The predicted octanol–water partition coefficient (Wildman–Crippen LogP) is 5.28. The van der Waals surface area contributed by atoms with Gasteiger partial charge in [-0.1, -0.05) is 26.7 Å². The lowest BCUT2D eigenvalue weighted by Crippen LogP contribution is -2.22. The summed E-state index contributed by atoms with van der Waals surface area (Å²) in [6.07, 6.45) is 5.02. The predicted molar refractivity (Wildman–Crippen MR) is 134 cm³/mol. The topological polar surface area (TPSA) is 102 Å². The van der Waals surface area contributed by atoms with Gasteiger partial charge in [0.15, 0.2) is 21.5 Å². The first-order chi connectivity index (χ1) is 16.3. The number of rotatable bonds is 11. The van der Waals surface area contributed by atoms with Crippen LogP contribution in [0.3, 0.4) is 0 Å². The summed E-state index contributed by atoms with van der Waals surface area (Å²) in [4.78, 5) is 33.7. The molecule has 0 aliphatic carbocycles. The quantitative estimate of drug-likeness (QED) is 0.313. The number of nitrogens with one attached hydrogen (secondary N) is 2. The van der Waals surface area contributed by atoms with Gasteiger partial charge < -0.3 is 20.1 Å². The Morgan fingerprint density at radius 2 is 1.26 bits per heavy atom. The fourth-order valence-electron chi connectivity index (χ4n) is 4.79. The van der Waals surface area contributed by atoms with Crippen molar-refractivity contribution in [1.82, 2.24) is 9.97 Å². The maximum Gasteiger partial charge on any atom is 0.310 e. The molecule has 34 heavy (non-hydrogen) atoms. The minimum absolute atomic E-state index is 0.0342. The largest absolute Gasteiger partial charge is 0.453 e. The molecule has 4 rings (SSSR count). The zero-order valence-electron chi connectivity index (χ0n) is 20.3. The van der Waals surface area contributed by atoms with Crippen LogP contribution in [0.25, 0.3) is 0 Å². The lowest BCUT2D eigenvalue weighted by atomic mass is 9.91. The van der Waals surface area contributed by atoms with Crippen LogP contribution in [0.2, 0.25) is 0 Å². The highest BCUT2D eigenvalue weighted by molar-refractivity contribution is 7.14. The van der Waals surface area contributed by atoms with Gasteiger partial charge in [0.2, 0.25) is 0 Å². The molecule has 2 aromatic heterocycles. The molecular weight excluding hydrogens is 472 g/mol. The molecule has 2 aromatic rings. The van der Waals surface area contributed by atoms with Gasteiger partial charge in [-0.05, 0) is 26.7 Å². The van der Waals surface area contributed by atoms with Crippen molar-refractivity contribution in [3.8, 4) is 0 Å². The highest BCUT2D eigenvalue weighted by Crippen LogP contribution is 2.43. The molecule has 0 amide bonds. The van der Waals surface area contributed by atoms with Crippen LogP contribution in [0.4, 0.5) is 10.3 Å². The molecule has 2 aliphatic heterocycles. The Balaban J connectivity index is 1.25. The first-order valence-electron chi connectivity index (χ1n) is 12.1. The molecule has 0 radical (unpaired) electrons. The summed E-state index contributed by atoms with van der Waals surface area (Å²) in [6.45, 7) is 9.41. The molecule has 0 saturated carbocycles. The van der Waals surface area contributed by atoms with Gasteiger partial charge in [-0.3, -0.25) is 9.59 Å². The van der Waals surface area contributed by atoms with Crippen LogP contribution in [-0.4, -0.2) is 35.0 Å². The van der Waals surface area contributed by atoms with Crippen LogP contribution in [-0.2, 0) is 30.3 Å². The first kappa shape index (κ1) is 24.9. The van der Waals surface area contributed by atoms with Crippen LogP contribution in [0.5, 0.6) is 0 Å². The summed E-state index contributed by atoms with van der Waals surface area (Å²) in [6, 6.07) is 0. The number of carbonyl (C=O) groups excluding carboxylic acids is 2. The molecule has 4 heterocycles. The minimum Gasteiger partial charge on any atom is -0.453 e. The highest BCUT2D eigenvalue weighted by Gasteiger charge is 2.46. The molecule has 0 bridgehead atoms. The van der Waals surface area contributed by atoms with E-state index in [1.54, 1.807) is 0 Å². The summed E-state index contributed by atoms with van der Waals surface area (Å²) in [5.74, 6) is -0.289. The van der Waals surface area contributed by atoms with Gasteiger partial charge >= 0.3 is 11.9 Å². The Morgan fingerprint density at radius 1 is 0.853 bits per heavy atom. The Morgan fingerprint density at radius 3 is 1.65 bits per heavy atom. The van der Waals surface area contributed by atoms with Crippen LogP contribution in [0.15, 0.2) is 10.8 Å². The van der Waals surface area contributed by atoms with Crippen LogP contribution < -0.4 is 10.6 Å². The van der Waals surface area contributed by atoms with Crippen molar-refractivity contribution in [1.29, 1.82) is 0 Å². The van der Waals surface area contributed by atoms with Crippen molar-refractivity contribution in [2.75, 3.05) is 23.7 Å². The minimum atomic E-state index is -0.640. The number of nitrogens with zero attached hydrogens (tertiary/aromatic N) is 2. The zero-order chi connectivity index (χ0) is 24.3. The van der Waals surface area contributed by atoms with Gasteiger partial charge in [-0.2, -0.15) is 0 Å². The van der Waals surface area contributed by atoms with E-state index in [1.807, 2.05) is 24.6 Å². The molecule has 2 aliphatic rings. The van der Waals surface area contributed by atoms with E-state index in [0.717, 1.165) is 47.3 Å². The molecular formula is C24H34N4O4S2. The van der Waals surface area contributed by atoms with Crippen LogP contribution >= 0.6 is 22.7 Å². The second-order valence-electron chi connectivity index (χ2n) is 9.61. The molecule has 8 nitrogen and oxygen atoms in total.